The van der Waals surface area contributed by atoms with Crippen LogP contribution in [0.2, 0.25) is 10.0 Å². The van der Waals surface area contributed by atoms with E-state index in [4.69, 9.17) is 46.9 Å². The number of aryl methyl sites for hydroxylation is 11. The Hall–Kier alpha value is -14.8. The van der Waals surface area contributed by atoms with Gasteiger partial charge < -0.3 is 23.7 Å². The molecule has 0 amide bonds. The zero-order valence-electron chi connectivity index (χ0n) is 69.3. The van der Waals surface area contributed by atoms with Crippen molar-refractivity contribution in [3.8, 4) is 57.5 Å². The third kappa shape index (κ3) is 29.3. The van der Waals surface area contributed by atoms with Gasteiger partial charge in [0.1, 0.15) is 86.0 Å². The van der Waals surface area contributed by atoms with Gasteiger partial charge in [0.2, 0.25) is 0 Å². The largest absolute Gasteiger partial charge is 0.456 e. The predicted molar refractivity (Wildman–Crippen MR) is 466 cm³/mol. The van der Waals surface area contributed by atoms with Crippen LogP contribution in [0, 0.1) is 76.2 Å². The van der Waals surface area contributed by atoms with Crippen molar-refractivity contribution >= 4 is 52.1 Å². The molecule has 25 nitrogen and oxygen atoms in total. The Morgan fingerprint density at radius 3 is 0.805 bits per heavy atom. The number of ketones is 5. The van der Waals surface area contributed by atoms with Crippen LogP contribution in [-0.4, -0.2) is 104 Å². The number of aromatic nitrogens is 15. The van der Waals surface area contributed by atoms with E-state index in [0.717, 1.165) is 73.9 Å². The molecule has 15 aromatic rings. The standard InChI is InChI=1S/C20H19N3O2.2C19H16ClN3O2.2C19H17N3O2/c1-13-7-8-17(12-21-13)25-18-9-15(3)23-19(11-18)20(24)10-16-6-4-5-14(2)22-16;1-12-3-4-15(22-9-12)7-19(24)18-8-16(5-13(2)23-18)25-17-6-14(20)10-21-11-17;1-12-4-3-5-15(22-12)8-19(24)18-9-16(6-13(2)23-18)25-17-7-14(20)10-21-11-17;2*1-13-5-3-6-15(21-13)10-19(23)18-11-17(9-14(2)22-18)24-16-7-4-8-20-12-16/h4-9,11-12H,10H2,1-3H3;3-6,8-11H,7H2,1-2H3;3-7,9-11H,8H2,1-2H3;2*3-9,11-12H,10H2,1-2H3. The lowest BCUT2D eigenvalue weighted by Gasteiger charge is -2.08. The van der Waals surface area contributed by atoms with Crippen molar-refractivity contribution in [1.29, 1.82) is 0 Å². The van der Waals surface area contributed by atoms with Crippen LogP contribution in [-0.2, 0) is 32.1 Å². The van der Waals surface area contributed by atoms with E-state index >= 15 is 0 Å². The van der Waals surface area contributed by atoms with E-state index < -0.39 is 0 Å². The lowest BCUT2D eigenvalue weighted by atomic mass is 10.1. The minimum Gasteiger partial charge on any atom is -0.456 e. The van der Waals surface area contributed by atoms with E-state index in [1.165, 1.54) is 12.4 Å². The first-order valence-electron chi connectivity index (χ1n) is 38.7. The number of nitrogens with zero attached hydrogens (tertiary/aromatic N) is 15. The van der Waals surface area contributed by atoms with Crippen LogP contribution in [0.4, 0.5) is 0 Å². The summed E-state index contributed by atoms with van der Waals surface area (Å²) in [5.41, 5.74) is 14.5. The van der Waals surface area contributed by atoms with Crippen LogP contribution in [0.1, 0.15) is 143 Å². The first-order valence-corrected chi connectivity index (χ1v) is 39.5. The number of hydrogen-bond donors (Lipinski definition) is 0. The van der Waals surface area contributed by atoms with Gasteiger partial charge in [-0.2, -0.15) is 0 Å². The summed E-state index contributed by atoms with van der Waals surface area (Å²) in [6.07, 6.45) is 17.2. The summed E-state index contributed by atoms with van der Waals surface area (Å²) in [6, 6.07) is 57.6. The number of Topliss-reactive ketones (excluding diaryl/α,β-unsaturated/α-hetero) is 5. The Morgan fingerprint density at radius 2 is 0.537 bits per heavy atom. The van der Waals surface area contributed by atoms with Crippen LogP contribution < -0.4 is 23.7 Å². The molecule has 123 heavy (non-hydrogen) atoms. The molecule has 0 aliphatic rings. The minimum absolute atomic E-state index is 0.0892. The molecule has 15 aromatic heterocycles. The van der Waals surface area contributed by atoms with Gasteiger partial charge in [-0.1, -0.05) is 53.5 Å². The molecule has 0 bridgehead atoms. The smallest absolute Gasteiger partial charge is 0.187 e. The molecule has 618 valence electrons. The molecular weight excluding hydrogens is 1590 g/mol. The Bertz CT molecular complexity index is 6070. The van der Waals surface area contributed by atoms with Gasteiger partial charge in [-0.3, -0.25) is 73.8 Å². The van der Waals surface area contributed by atoms with Crippen molar-refractivity contribution < 1.29 is 47.7 Å². The van der Waals surface area contributed by atoms with Crippen LogP contribution in [0.3, 0.4) is 0 Å². The van der Waals surface area contributed by atoms with Crippen LogP contribution >= 0.6 is 23.2 Å². The Kier molecular flexibility index (Phi) is 31.7. The number of carbonyl (C=O) groups is 5. The van der Waals surface area contributed by atoms with E-state index in [2.05, 4.69) is 74.8 Å². The third-order valence-corrected chi connectivity index (χ3v) is 17.6. The number of pyridine rings is 15. The number of halogens is 2. The highest BCUT2D eigenvalue weighted by molar-refractivity contribution is 6.30. The third-order valence-electron chi connectivity index (χ3n) is 17.2. The fourth-order valence-electron chi connectivity index (χ4n) is 11.8. The predicted octanol–water partition coefficient (Wildman–Crippen LogP) is 20.1. The summed E-state index contributed by atoms with van der Waals surface area (Å²) in [6.45, 7) is 20.6. The van der Waals surface area contributed by atoms with Crippen molar-refractivity contribution in [3.05, 3.63) is 386 Å². The fourth-order valence-corrected chi connectivity index (χ4v) is 12.1. The van der Waals surface area contributed by atoms with Crippen molar-refractivity contribution in [2.24, 2.45) is 0 Å². The van der Waals surface area contributed by atoms with Crippen molar-refractivity contribution in [2.45, 2.75) is 108 Å². The molecule has 0 aliphatic carbocycles. The average Bonchev–Trinajstić information content (AvgIpc) is 0.851. The number of ether oxygens (including phenoxy) is 5. The van der Waals surface area contributed by atoms with E-state index in [-0.39, 0.29) is 61.0 Å². The molecule has 0 atom stereocenters. The highest BCUT2D eigenvalue weighted by atomic mass is 35.5. The maximum absolute atomic E-state index is 12.6. The molecule has 0 aliphatic heterocycles. The molecule has 0 N–H and O–H groups in total. The first-order chi connectivity index (χ1) is 59.2. The highest BCUT2D eigenvalue weighted by Gasteiger charge is 2.20. The molecule has 15 rings (SSSR count). The lowest BCUT2D eigenvalue weighted by molar-refractivity contribution is 0.0978. The maximum atomic E-state index is 12.6. The second kappa shape index (κ2) is 43.8. The van der Waals surface area contributed by atoms with E-state index in [9.17, 15) is 24.0 Å². The summed E-state index contributed by atoms with van der Waals surface area (Å²) in [7, 11) is 0. The SMILES string of the molecule is Cc1ccc(CC(=O)c2cc(Oc3cncc(Cl)c3)cc(C)n2)nc1.Cc1ccc(Oc2cc(C)nc(C(=O)Cc3cccc(C)n3)c2)cn1.Cc1cccc(CC(=O)c2cc(Oc3cccnc3)cc(C)n2)n1.Cc1cccc(CC(=O)c2cc(Oc3cccnc3)cc(C)n2)n1.Cc1cccc(CC(=O)c2cc(Oc3cncc(Cl)c3)cc(C)n2)n1. The molecule has 15 heterocycles. The topological polar surface area (TPSA) is 325 Å². The fraction of sp³-hybridized carbons (Fsp3) is 0.167. The quantitative estimate of drug-likeness (QED) is 0.0480. The molecule has 0 saturated heterocycles. The molecule has 27 heteroatoms. The summed E-state index contributed by atoms with van der Waals surface area (Å²) >= 11 is 11.8. The molecule has 0 fully saturated rings. The van der Waals surface area contributed by atoms with Crippen molar-refractivity contribution in [3.63, 3.8) is 0 Å². The van der Waals surface area contributed by atoms with Crippen molar-refractivity contribution in [2.75, 3.05) is 0 Å². The second-order valence-corrected chi connectivity index (χ2v) is 29.1. The van der Waals surface area contributed by atoms with Crippen LogP contribution in [0.5, 0.6) is 57.5 Å². The van der Waals surface area contributed by atoms with Gasteiger partial charge in [0.05, 0.1) is 73.1 Å². The zero-order valence-corrected chi connectivity index (χ0v) is 70.8. The molecule has 0 radical (unpaired) electrons. The average molecular weight is 1680 g/mol. The number of rotatable bonds is 25. The molecule has 0 unspecified atom stereocenters. The van der Waals surface area contributed by atoms with Crippen LogP contribution in [0.25, 0.3) is 0 Å². The van der Waals surface area contributed by atoms with Crippen molar-refractivity contribution in [1.82, 2.24) is 74.8 Å². The van der Waals surface area contributed by atoms with Gasteiger partial charge in [-0.05, 0) is 173 Å². The van der Waals surface area contributed by atoms with E-state index in [0.29, 0.717) is 113 Å². The molecule has 0 aromatic carbocycles. The molecule has 0 spiro atoms. The molecule has 0 saturated carbocycles. The Balaban J connectivity index is 0.000000150. The maximum Gasteiger partial charge on any atom is 0.187 e. The van der Waals surface area contributed by atoms with Gasteiger partial charge in [0.15, 0.2) is 28.9 Å². The van der Waals surface area contributed by atoms with E-state index in [1.54, 1.807) is 147 Å². The summed E-state index contributed by atoms with van der Waals surface area (Å²) in [4.78, 5) is 126. The van der Waals surface area contributed by atoms with Gasteiger partial charge in [-0.15, -0.1) is 0 Å². The van der Waals surface area contributed by atoms with Gasteiger partial charge >= 0.3 is 0 Å². The van der Waals surface area contributed by atoms with Gasteiger partial charge in [0.25, 0.3) is 0 Å². The normalized spacial score (nSPS) is 10.5. The number of hydrogen-bond acceptors (Lipinski definition) is 25. The van der Waals surface area contributed by atoms with Crippen LogP contribution in [0.15, 0.2) is 256 Å². The Morgan fingerprint density at radius 1 is 0.236 bits per heavy atom. The summed E-state index contributed by atoms with van der Waals surface area (Å²) < 4.78 is 28.8. The monoisotopic (exact) mass is 1680 g/mol. The first kappa shape index (κ1) is 89.0. The highest BCUT2D eigenvalue weighted by Crippen LogP contribution is 2.30. The second-order valence-electron chi connectivity index (χ2n) is 28.3. The Labute approximate surface area is 721 Å². The summed E-state index contributed by atoms with van der Waals surface area (Å²) in [5.74, 6) is 5.06. The minimum atomic E-state index is -0.117. The summed E-state index contributed by atoms with van der Waals surface area (Å²) in [5, 5.41) is 0.954. The zero-order chi connectivity index (χ0) is 87.3. The number of carbonyl (C=O) groups excluding carboxylic acids is 5. The van der Waals surface area contributed by atoms with E-state index in [1.807, 2.05) is 173 Å². The molecular formula is C96H85Cl2N15O10. The lowest BCUT2D eigenvalue weighted by Crippen LogP contribution is -2.08. The van der Waals surface area contributed by atoms with Gasteiger partial charge in [-0.25, -0.2) is 24.9 Å². The van der Waals surface area contributed by atoms with Gasteiger partial charge in [0, 0.05) is 189 Å².